The summed E-state index contributed by atoms with van der Waals surface area (Å²) in [5, 5.41) is 16.3. The highest BCUT2D eigenvalue weighted by atomic mass is 32.2. The largest absolute Gasteiger partial charge is 0.464 e. The van der Waals surface area contributed by atoms with Gasteiger partial charge in [-0.25, -0.2) is 4.79 Å². The number of hydrogen-bond donors (Lipinski definition) is 2. The van der Waals surface area contributed by atoms with Gasteiger partial charge in [-0.05, 0) is 18.2 Å². The van der Waals surface area contributed by atoms with Crippen LogP contribution in [0.4, 0.5) is 10.5 Å². The number of nitro groups is 1. The number of nitro benzene ring substituents is 1. The molecule has 26 heavy (non-hydrogen) atoms. The number of rotatable bonds is 7. The lowest BCUT2D eigenvalue weighted by Gasteiger charge is -2.33. The van der Waals surface area contributed by atoms with Crippen molar-refractivity contribution in [3.8, 4) is 0 Å². The zero-order valence-electron chi connectivity index (χ0n) is 14.6. The number of thioether (sulfide) groups is 1. The average Bonchev–Trinajstić information content (AvgIpc) is 2.58. The van der Waals surface area contributed by atoms with Crippen molar-refractivity contribution in [3.63, 3.8) is 0 Å². The van der Waals surface area contributed by atoms with E-state index in [-0.39, 0.29) is 18.0 Å². The number of esters is 1. The fourth-order valence-electron chi connectivity index (χ4n) is 2.69. The van der Waals surface area contributed by atoms with Crippen LogP contribution in [0, 0.1) is 23.0 Å². The molecule has 1 heterocycles. The molecule has 1 aliphatic heterocycles. The van der Waals surface area contributed by atoms with Crippen molar-refractivity contribution in [1.29, 1.82) is 0 Å². The molecule has 0 saturated carbocycles. The summed E-state index contributed by atoms with van der Waals surface area (Å²) in [7, 11) is 0. The maximum Gasteiger partial charge on any atom is 0.319 e. The van der Waals surface area contributed by atoms with Crippen molar-refractivity contribution in [3.05, 3.63) is 51.7 Å². The van der Waals surface area contributed by atoms with Crippen LogP contribution in [0.15, 0.2) is 30.5 Å². The number of nitrogens with one attached hydrogen (secondary N) is 2. The summed E-state index contributed by atoms with van der Waals surface area (Å²) in [5.74, 6) is 0.178. The van der Waals surface area contributed by atoms with E-state index in [4.69, 9.17) is 4.74 Å². The molecule has 0 unspecified atom stereocenters. The molecule has 2 N–H and O–H groups in total. The highest BCUT2D eigenvalue weighted by Crippen LogP contribution is 2.33. The molecule has 0 radical (unpaired) electrons. The van der Waals surface area contributed by atoms with Gasteiger partial charge in [-0.15, -0.1) is 0 Å². The Morgan fingerprint density at radius 3 is 2.85 bits per heavy atom. The van der Waals surface area contributed by atoms with E-state index in [9.17, 15) is 19.7 Å². The number of amides is 2. The molecular formula is C17H21N3O5S. The highest BCUT2D eigenvalue weighted by molar-refractivity contribution is 7.99. The van der Waals surface area contributed by atoms with Crippen molar-refractivity contribution < 1.29 is 19.2 Å². The number of hydrogen-bond acceptors (Lipinski definition) is 6. The van der Waals surface area contributed by atoms with Gasteiger partial charge in [-0.2, -0.15) is 11.8 Å². The number of ether oxygens (including phenoxy) is 1. The second-order valence-corrected chi connectivity index (χ2v) is 7.14. The summed E-state index contributed by atoms with van der Waals surface area (Å²) in [6, 6.07) is 3.30. The minimum absolute atomic E-state index is 0.0765. The van der Waals surface area contributed by atoms with Crippen LogP contribution in [0.25, 0.3) is 0 Å². The van der Waals surface area contributed by atoms with Gasteiger partial charge in [-0.3, -0.25) is 14.9 Å². The number of aryl methyl sites for hydroxylation is 1. The van der Waals surface area contributed by atoms with Crippen LogP contribution in [-0.4, -0.2) is 35.0 Å². The normalized spacial score (nSPS) is 19.5. The lowest BCUT2D eigenvalue weighted by Crippen LogP contribution is -2.51. The Morgan fingerprint density at radius 2 is 2.19 bits per heavy atom. The topological polar surface area (TPSA) is 111 Å². The fraction of sp³-hybridized carbons (Fsp3) is 0.412. The standard InChI is InChI=1S/C17H21N3O5S/c1-4-26-8-7-25-16(21)14-11(3)18-17(22)19-15(14)12-6-5-10(2)13(9-12)20(23)24/h5-6,9,14-15H,3-4,7-8H2,1-2H3,(H2,18,19,22)/t14-,15+/m1/s1. The van der Waals surface area contributed by atoms with E-state index >= 15 is 0 Å². The van der Waals surface area contributed by atoms with Crippen LogP contribution >= 0.6 is 11.8 Å². The Kier molecular flexibility index (Phi) is 6.62. The van der Waals surface area contributed by atoms with Crippen LogP contribution in [0.3, 0.4) is 0 Å². The summed E-state index contributed by atoms with van der Waals surface area (Å²) in [6.07, 6.45) is 0. The van der Waals surface area contributed by atoms with E-state index in [0.717, 1.165) is 5.75 Å². The maximum atomic E-state index is 12.5. The molecule has 140 valence electrons. The highest BCUT2D eigenvalue weighted by Gasteiger charge is 2.39. The van der Waals surface area contributed by atoms with Gasteiger partial charge in [0.05, 0.1) is 11.0 Å². The summed E-state index contributed by atoms with van der Waals surface area (Å²) in [6.45, 7) is 7.63. The van der Waals surface area contributed by atoms with Crippen molar-refractivity contribution >= 4 is 29.4 Å². The first-order valence-corrected chi connectivity index (χ1v) is 9.26. The molecule has 1 fully saturated rings. The first-order valence-electron chi connectivity index (χ1n) is 8.10. The van der Waals surface area contributed by atoms with Gasteiger partial charge in [0.2, 0.25) is 0 Å². The van der Waals surface area contributed by atoms with Crippen LogP contribution in [0.2, 0.25) is 0 Å². The molecule has 8 nitrogen and oxygen atoms in total. The molecule has 1 aromatic carbocycles. The van der Waals surface area contributed by atoms with Crippen molar-refractivity contribution in [1.82, 2.24) is 10.6 Å². The van der Waals surface area contributed by atoms with E-state index < -0.39 is 28.9 Å². The smallest absolute Gasteiger partial charge is 0.319 e. The van der Waals surface area contributed by atoms with Gasteiger partial charge in [0.15, 0.2) is 0 Å². The monoisotopic (exact) mass is 379 g/mol. The van der Waals surface area contributed by atoms with Crippen molar-refractivity contribution in [2.24, 2.45) is 5.92 Å². The second kappa shape index (κ2) is 8.70. The maximum absolute atomic E-state index is 12.5. The molecule has 0 aliphatic carbocycles. The van der Waals surface area contributed by atoms with Gasteiger partial charge in [0.1, 0.15) is 12.5 Å². The van der Waals surface area contributed by atoms with E-state index in [1.165, 1.54) is 6.07 Å². The molecule has 1 aromatic rings. The molecule has 1 aliphatic rings. The Bertz CT molecular complexity index is 737. The number of carbonyl (C=O) groups excluding carboxylic acids is 2. The summed E-state index contributed by atoms with van der Waals surface area (Å²) >= 11 is 1.64. The van der Waals surface area contributed by atoms with E-state index in [0.29, 0.717) is 16.9 Å². The van der Waals surface area contributed by atoms with Gasteiger partial charge in [-0.1, -0.05) is 25.6 Å². The summed E-state index contributed by atoms with van der Waals surface area (Å²) in [4.78, 5) is 35.1. The number of urea groups is 1. The first-order chi connectivity index (χ1) is 12.3. The van der Waals surface area contributed by atoms with Crippen LogP contribution in [-0.2, 0) is 9.53 Å². The zero-order chi connectivity index (χ0) is 19.3. The van der Waals surface area contributed by atoms with Crippen LogP contribution in [0.1, 0.15) is 24.1 Å². The lowest BCUT2D eigenvalue weighted by atomic mass is 9.88. The van der Waals surface area contributed by atoms with E-state index in [1.807, 2.05) is 6.92 Å². The fourth-order valence-corrected chi connectivity index (χ4v) is 3.18. The van der Waals surface area contributed by atoms with Gasteiger partial charge < -0.3 is 15.4 Å². The molecule has 9 heteroatoms. The molecule has 1 saturated heterocycles. The van der Waals surface area contributed by atoms with Crippen molar-refractivity contribution in [2.75, 3.05) is 18.1 Å². The average molecular weight is 379 g/mol. The van der Waals surface area contributed by atoms with Crippen LogP contribution < -0.4 is 10.6 Å². The molecule has 0 bridgehead atoms. The quantitative estimate of drug-likeness (QED) is 0.326. The Morgan fingerprint density at radius 1 is 1.46 bits per heavy atom. The van der Waals surface area contributed by atoms with Gasteiger partial charge in [0, 0.05) is 23.1 Å². The van der Waals surface area contributed by atoms with Crippen LogP contribution in [0.5, 0.6) is 0 Å². The van der Waals surface area contributed by atoms with E-state index in [1.54, 1.807) is 30.8 Å². The number of benzene rings is 1. The van der Waals surface area contributed by atoms with E-state index in [2.05, 4.69) is 17.2 Å². The minimum atomic E-state index is -0.873. The van der Waals surface area contributed by atoms with Gasteiger partial charge >= 0.3 is 12.0 Å². The molecule has 2 amide bonds. The third kappa shape index (κ3) is 4.54. The Labute approximate surface area is 155 Å². The summed E-state index contributed by atoms with van der Waals surface area (Å²) < 4.78 is 5.30. The minimum Gasteiger partial charge on any atom is -0.464 e. The molecule has 0 aromatic heterocycles. The lowest BCUT2D eigenvalue weighted by molar-refractivity contribution is -0.385. The predicted octanol–water partition coefficient (Wildman–Crippen LogP) is 2.68. The third-order valence-corrected chi connectivity index (χ3v) is 4.85. The second-order valence-electron chi connectivity index (χ2n) is 5.75. The molecular weight excluding hydrogens is 358 g/mol. The molecule has 0 spiro atoms. The van der Waals surface area contributed by atoms with Gasteiger partial charge in [0.25, 0.3) is 5.69 Å². The molecule has 2 rings (SSSR count). The zero-order valence-corrected chi connectivity index (χ0v) is 15.4. The first kappa shape index (κ1) is 19.8. The molecule has 2 atom stereocenters. The number of carbonyl (C=O) groups is 2. The predicted molar refractivity (Wildman–Crippen MR) is 98.8 cm³/mol. The SMILES string of the molecule is C=C1NC(=O)N[C@@H](c2ccc(C)c([N+](=O)[O-])c2)[C@@H]1C(=O)OCCSCC. The summed E-state index contributed by atoms with van der Waals surface area (Å²) in [5.41, 5.74) is 1.07. The van der Waals surface area contributed by atoms with Crippen molar-refractivity contribution in [2.45, 2.75) is 19.9 Å². The Hall–Kier alpha value is -2.55. The Balaban J connectivity index is 2.28. The third-order valence-electron chi connectivity index (χ3n) is 3.99. The number of nitrogens with zero attached hydrogens (tertiary/aromatic N) is 1.